The molecule has 1 aliphatic carbocycles. The molecule has 0 radical (unpaired) electrons. The predicted octanol–water partition coefficient (Wildman–Crippen LogP) is 3.22. The lowest BCUT2D eigenvalue weighted by molar-refractivity contribution is 0.0951. The van der Waals surface area contributed by atoms with E-state index in [1.165, 1.54) is 0 Å². The molecule has 0 aliphatic heterocycles. The van der Waals surface area contributed by atoms with Crippen molar-refractivity contribution in [1.82, 2.24) is 5.32 Å². The highest BCUT2D eigenvalue weighted by Crippen LogP contribution is 2.30. The molecule has 3 rings (SSSR count). The van der Waals surface area contributed by atoms with Crippen molar-refractivity contribution in [3.8, 4) is 11.1 Å². The van der Waals surface area contributed by atoms with Gasteiger partial charge in [-0.1, -0.05) is 12.1 Å². The van der Waals surface area contributed by atoms with Gasteiger partial charge in [0.05, 0.1) is 5.69 Å². The lowest BCUT2D eigenvalue weighted by Crippen LogP contribution is -2.25. The van der Waals surface area contributed by atoms with Gasteiger partial charge in [0.15, 0.2) is 0 Å². The molecule has 0 aromatic heterocycles. The van der Waals surface area contributed by atoms with Crippen LogP contribution in [0.15, 0.2) is 46.4 Å². The van der Waals surface area contributed by atoms with Crippen molar-refractivity contribution in [3.05, 3.63) is 53.1 Å². The molecule has 0 saturated heterocycles. The van der Waals surface area contributed by atoms with Gasteiger partial charge >= 0.3 is 0 Å². The van der Waals surface area contributed by atoms with Crippen molar-refractivity contribution in [2.45, 2.75) is 25.8 Å². The van der Waals surface area contributed by atoms with E-state index in [2.05, 4.69) is 22.0 Å². The van der Waals surface area contributed by atoms with Crippen LogP contribution in [0.3, 0.4) is 0 Å². The summed E-state index contributed by atoms with van der Waals surface area (Å²) in [6.45, 7) is 5.61. The molecule has 0 spiro atoms. The molecule has 2 aromatic carbocycles. The van der Waals surface area contributed by atoms with Crippen LogP contribution in [0.4, 0.5) is 5.69 Å². The second-order valence-corrected chi connectivity index (χ2v) is 6.28. The van der Waals surface area contributed by atoms with Gasteiger partial charge in [0.2, 0.25) is 0 Å². The van der Waals surface area contributed by atoms with Crippen molar-refractivity contribution in [1.29, 1.82) is 0 Å². The van der Waals surface area contributed by atoms with Gasteiger partial charge in [-0.2, -0.15) is 0 Å². The van der Waals surface area contributed by atoms with Gasteiger partial charge in [-0.25, -0.2) is 0 Å². The van der Waals surface area contributed by atoms with Crippen molar-refractivity contribution in [2.24, 2.45) is 15.7 Å². The summed E-state index contributed by atoms with van der Waals surface area (Å²) in [6.07, 6.45) is 2.14. The molecule has 1 amide bonds. The first-order chi connectivity index (χ1) is 12.0. The molecule has 1 aliphatic rings. The first-order valence-electron chi connectivity index (χ1n) is 8.28. The largest absolute Gasteiger partial charge is 0.383 e. The summed E-state index contributed by atoms with van der Waals surface area (Å²) in [5.41, 5.74) is 11.1. The number of carbonyl (C=O) groups excluding carboxylic acids is 1. The maximum atomic E-state index is 12.3. The minimum atomic E-state index is -0.0250. The fraction of sp³-hybridized carbons (Fsp3) is 0.250. The third-order valence-electron chi connectivity index (χ3n) is 4.41. The third-order valence-corrected chi connectivity index (χ3v) is 4.41. The molecule has 5 nitrogen and oxygen atoms in total. The van der Waals surface area contributed by atoms with Crippen molar-refractivity contribution >= 4 is 24.1 Å². The average molecular weight is 334 g/mol. The van der Waals surface area contributed by atoms with E-state index in [1.54, 1.807) is 7.05 Å². The second kappa shape index (κ2) is 6.89. The third kappa shape index (κ3) is 3.60. The van der Waals surface area contributed by atoms with Gasteiger partial charge in [-0.3, -0.25) is 14.8 Å². The van der Waals surface area contributed by atoms with Crippen molar-refractivity contribution in [3.63, 3.8) is 0 Å². The van der Waals surface area contributed by atoms with Gasteiger partial charge in [0.25, 0.3) is 5.91 Å². The van der Waals surface area contributed by atoms with Crippen LogP contribution in [0, 0.1) is 6.92 Å². The molecule has 1 fully saturated rings. The zero-order chi connectivity index (χ0) is 18.0. The minimum absolute atomic E-state index is 0.0250. The number of amidine groups is 1. The Bertz CT molecular complexity index is 866. The van der Waals surface area contributed by atoms with Crippen molar-refractivity contribution < 1.29 is 4.79 Å². The summed E-state index contributed by atoms with van der Waals surface area (Å²) in [5, 5.41) is 3.02. The number of benzene rings is 2. The smallest absolute Gasteiger partial charge is 0.251 e. The molecule has 0 heterocycles. The van der Waals surface area contributed by atoms with E-state index in [1.807, 2.05) is 43.3 Å². The quantitative estimate of drug-likeness (QED) is 0.650. The van der Waals surface area contributed by atoms with E-state index in [-0.39, 0.29) is 5.91 Å². The van der Waals surface area contributed by atoms with Crippen LogP contribution in [0.1, 0.15) is 34.3 Å². The Morgan fingerprint density at radius 2 is 2.00 bits per heavy atom. The molecule has 1 saturated carbocycles. The highest BCUT2D eigenvalue weighted by Gasteiger charge is 2.24. The number of amides is 1. The molecule has 0 atom stereocenters. The lowest BCUT2D eigenvalue weighted by atomic mass is 9.95. The van der Waals surface area contributed by atoms with Crippen LogP contribution in [0.2, 0.25) is 0 Å². The normalized spacial score (nSPS) is 14.2. The number of rotatable bonds is 5. The van der Waals surface area contributed by atoms with Crippen LogP contribution in [0.25, 0.3) is 11.1 Å². The van der Waals surface area contributed by atoms with Gasteiger partial charge in [0.1, 0.15) is 5.84 Å². The maximum Gasteiger partial charge on any atom is 0.251 e. The van der Waals surface area contributed by atoms with Crippen LogP contribution >= 0.6 is 0 Å². The number of nitrogens with one attached hydrogen (secondary N) is 1. The van der Waals surface area contributed by atoms with Gasteiger partial charge < -0.3 is 11.1 Å². The van der Waals surface area contributed by atoms with E-state index in [0.29, 0.717) is 23.1 Å². The highest BCUT2D eigenvalue weighted by atomic mass is 16.1. The highest BCUT2D eigenvalue weighted by molar-refractivity contribution is 6.03. The number of hydrogen-bond donors (Lipinski definition) is 2. The number of aryl methyl sites for hydroxylation is 1. The zero-order valence-electron chi connectivity index (χ0n) is 14.5. The molecular formula is C20H22N4O. The van der Waals surface area contributed by atoms with Crippen molar-refractivity contribution in [2.75, 3.05) is 7.05 Å². The zero-order valence-corrected chi connectivity index (χ0v) is 14.5. The van der Waals surface area contributed by atoms with Gasteiger partial charge in [0, 0.05) is 24.2 Å². The summed E-state index contributed by atoms with van der Waals surface area (Å²) in [7, 11) is 1.64. The first-order valence-corrected chi connectivity index (χ1v) is 8.28. The molecule has 0 unspecified atom stereocenters. The minimum Gasteiger partial charge on any atom is -0.383 e. The number of hydrogen-bond acceptors (Lipinski definition) is 3. The van der Waals surface area contributed by atoms with E-state index in [0.717, 1.165) is 35.1 Å². The summed E-state index contributed by atoms with van der Waals surface area (Å²) >= 11 is 0. The fourth-order valence-electron chi connectivity index (χ4n) is 2.74. The number of nitrogens with zero attached hydrogens (tertiary/aromatic N) is 2. The van der Waals surface area contributed by atoms with Crippen LogP contribution in [0.5, 0.6) is 0 Å². The molecule has 128 valence electrons. The van der Waals surface area contributed by atoms with Crippen LogP contribution < -0.4 is 11.1 Å². The van der Waals surface area contributed by atoms with E-state index in [4.69, 9.17) is 5.73 Å². The number of nitrogens with two attached hydrogens (primary N) is 1. The number of carbonyl (C=O) groups is 1. The SMILES string of the molecule is C=Nc1ccc(-c2cc(C(=O)NC3CC3)ccc2C)cc1C(N)=NC. The molecule has 5 heteroatoms. The predicted molar refractivity (Wildman–Crippen MR) is 103 cm³/mol. The summed E-state index contributed by atoms with van der Waals surface area (Å²) in [5.74, 6) is 0.382. The Balaban J connectivity index is 2.03. The summed E-state index contributed by atoms with van der Waals surface area (Å²) in [4.78, 5) is 20.4. The second-order valence-electron chi connectivity index (χ2n) is 6.28. The first kappa shape index (κ1) is 16.9. The van der Waals surface area contributed by atoms with Crippen LogP contribution in [-0.4, -0.2) is 31.5 Å². The molecular weight excluding hydrogens is 312 g/mol. The van der Waals surface area contributed by atoms with Crippen LogP contribution in [-0.2, 0) is 0 Å². The standard InChI is InChI=1S/C20H22N4O/c1-12-4-5-14(20(25)24-15-7-8-15)11-16(12)13-6-9-18(22-2)17(10-13)19(21)23-3/h4-6,9-11,15H,2,7-8H2,1,3H3,(H2,21,23)(H,24,25). The van der Waals surface area contributed by atoms with E-state index in [9.17, 15) is 4.79 Å². The Kier molecular flexibility index (Phi) is 4.65. The molecule has 3 N–H and O–H groups in total. The molecule has 2 aromatic rings. The Morgan fingerprint density at radius 3 is 2.64 bits per heavy atom. The molecule has 25 heavy (non-hydrogen) atoms. The van der Waals surface area contributed by atoms with E-state index < -0.39 is 0 Å². The Hall–Kier alpha value is -2.95. The van der Waals surface area contributed by atoms with E-state index >= 15 is 0 Å². The average Bonchev–Trinajstić information content (AvgIpc) is 3.44. The fourth-order valence-corrected chi connectivity index (χ4v) is 2.74. The Labute approximate surface area is 147 Å². The summed E-state index contributed by atoms with van der Waals surface area (Å²) in [6, 6.07) is 11.9. The maximum absolute atomic E-state index is 12.3. The topological polar surface area (TPSA) is 79.8 Å². The van der Waals surface area contributed by atoms with Gasteiger partial charge in [-0.05, 0) is 67.4 Å². The van der Waals surface area contributed by atoms with Gasteiger partial charge in [-0.15, -0.1) is 0 Å². The lowest BCUT2D eigenvalue weighted by Gasteiger charge is -2.12. The molecule has 0 bridgehead atoms. The summed E-state index contributed by atoms with van der Waals surface area (Å²) < 4.78 is 0. The number of aliphatic imine (C=N–C) groups is 2. The monoisotopic (exact) mass is 334 g/mol. The Morgan fingerprint density at radius 1 is 1.24 bits per heavy atom.